The van der Waals surface area contributed by atoms with Crippen LogP contribution in [0.3, 0.4) is 0 Å². The fraction of sp³-hybridized carbons (Fsp3) is 0.450. The van der Waals surface area contributed by atoms with Gasteiger partial charge in [0.1, 0.15) is 0 Å². The monoisotopic (exact) mass is 498 g/mol. The second-order valence-corrected chi connectivity index (χ2v) is 11.2. The highest BCUT2D eigenvalue weighted by Gasteiger charge is 2.25. The molecule has 1 aromatic heterocycles. The SMILES string of the molecule is CCOC(=O)CSc1cnc(NC(=O)N(CC2CCCC2)c2cccc(S(N)(=O)=O)c2)s1. The zero-order chi connectivity index (χ0) is 23.1. The minimum Gasteiger partial charge on any atom is -0.465 e. The van der Waals surface area contributed by atoms with Gasteiger partial charge in [-0.15, -0.1) is 11.8 Å². The zero-order valence-electron chi connectivity index (χ0n) is 17.7. The van der Waals surface area contributed by atoms with Crippen LogP contribution in [0.2, 0.25) is 0 Å². The van der Waals surface area contributed by atoms with E-state index in [0.717, 1.165) is 29.9 Å². The number of thioether (sulfide) groups is 1. The van der Waals surface area contributed by atoms with E-state index in [1.807, 2.05) is 0 Å². The molecule has 1 heterocycles. The van der Waals surface area contributed by atoms with Crippen molar-refractivity contribution < 1.29 is 22.7 Å². The molecule has 3 rings (SSSR count). The first-order valence-corrected chi connectivity index (χ1v) is 13.6. The Hall–Kier alpha value is -2.15. The number of benzene rings is 1. The van der Waals surface area contributed by atoms with E-state index in [-0.39, 0.29) is 16.6 Å². The van der Waals surface area contributed by atoms with Crippen molar-refractivity contribution in [2.45, 2.75) is 41.7 Å². The largest absolute Gasteiger partial charge is 0.465 e. The summed E-state index contributed by atoms with van der Waals surface area (Å²) in [5, 5.41) is 8.45. The number of anilines is 2. The standard InChI is InChI=1S/C20H26N4O5S3/c1-2-29-17(25)13-30-18-11-22-19(31-18)23-20(26)24(12-14-6-3-4-7-14)15-8-5-9-16(10-15)32(21,27)28/h5,8-11,14H,2-4,6-7,12-13H2,1H3,(H2,21,27,28)(H,22,23,26). The van der Waals surface area contributed by atoms with Crippen LogP contribution in [0.4, 0.5) is 15.6 Å². The molecule has 32 heavy (non-hydrogen) atoms. The number of rotatable bonds is 9. The minimum absolute atomic E-state index is 0.0499. The van der Waals surface area contributed by atoms with Crippen LogP contribution < -0.4 is 15.4 Å². The minimum atomic E-state index is -3.89. The number of hydrogen-bond donors (Lipinski definition) is 2. The molecule has 0 aliphatic heterocycles. The maximum Gasteiger partial charge on any atom is 0.328 e. The van der Waals surface area contributed by atoms with Crippen molar-refractivity contribution in [2.75, 3.05) is 29.1 Å². The smallest absolute Gasteiger partial charge is 0.328 e. The molecule has 2 aromatic rings. The summed E-state index contributed by atoms with van der Waals surface area (Å²) in [4.78, 5) is 30.4. The summed E-state index contributed by atoms with van der Waals surface area (Å²) < 4.78 is 29.2. The Kier molecular flexibility index (Phi) is 8.51. The third-order valence-electron chi connectivity index (χ3n) is 4.95. The molecule has 1 aliphatic rings. The van der Waals surface area contributed by atoms with Gasteiger partial charge in [-0.3, -0.25) is 15.0 Å². The number of nitrogens with two attached hydrogens (primary N) is 1. The van der Waals surface area contributed by atoms with Crippen molar-refractivity contribution in [3.8, 4) is 0 Å². The Balaban J connectivity index is 1.74. The van der Waals surface area contributed by atoms with Gasteiger partial charge in [0.15, 0.2) is 5.13 Å². The third kappa shape index (κ3) is 6.92. The van der Waals surface area contributed by atoms with E-state index < -0.39 is 16.1 Å². The van der Waals surface area contributed by atoms with Crippen LogP contribution in [0, 0.1) is 5.92 Å². The molecular weight excluding hydrogens is 472 g/mol. The molecule has 0 radical (unpaired) electrons. The number of amides is 2. The van der Waals surface area contributed by atoms with Crippen LogP contribution in [-0.2, 0) is 19.6 Å². The summed E-state index contributed by atoms with van der Waals surface area (Å²) in [6, 6.07) is 5.66. The third-order valence-corrected chi connectivity index (χ3v) is 7.95. The lowest BCUT2D eigenvalue weighted by molar-refractivity contribution is -0.139. The highest BCUT2D eigenvalue weighted by Crippen LogP contribution is 2.31. The number of urea groups is 1. The number of nitrogens with zero attached hydrogens (tertiary/aromatic N) is 2. The predicted octanol–water partition coefficient (Wildman–Crippen LogP) is 3.67. The first kappa shape index (κ1) is 24.5. The number of esters is 1. The van der Waals surface area contributed by atoms with Gasteiger partial charge in [-0.05, 0) is 43.9 Å². The fourth-order valence-electron chi connectivity index (χ4n) is 3.46. The molecule has 0 bridgehead atoms. The van der Waals surface area contributed by atoms with Crippen LogP contribution in [0.25, 0.3) is 0 Å². The Morgan fingerprint density at radius 3 is 2.78 bits per heavy atom. The summed E-state index contributed by atoms with van der Waals surface area (Å²) in [7, 11) is -3.89. The van der Waals surface area contributed by atoms with Gasteiger partial charge in [-0.2, -0.15) is 0 Å². The van der Waals surface area contributed by atoms with Crippen molar-refractivity contribution in [3.05, 3.63) is 30.5 Å². The lowest BCUT2D eigenvalue weighted by atomic mass is 10.1. The van der Waals surface area contributed by atoms with E-state index in [0.29, 0.717) is 29.9 Å². The average Bonchev–Trinajstić information content (AvgIpc) is 3.42. The maximum absolute atomic E-state index is 13.1. The lowest BCUT2D eigenvalue weighted by Crippen LogP contribution is -2.38. The van der Waals surface area contributed by atoms with E-state index in [1.165, 1.54) is 40.1 Å². The Morgan fingerprint density at radius 1 is 1.34 bits per heavy atom. The van der Waals surface area contributed by atoms with E-state index in [9.17, 15) is 18.0 Å². The van der Waals surface area contributed by atoms with E-state index in [2.05, 4.69) is 10.3 Å². The van der Waals surface area contributed by atoms with Gasteiger partial charge in [-0.1, -0.05) is 30.2 Å². The van der Waals surface area contributed by atoms with Gasteiger partial charge in [0.2, 0.25) is 10.0 Å². The van der Waals surface area contributed by atoms with Gasteiger partial charge in [-0.25, -0.2) is 23.3 Å². The number of ether oxygens (including phenoxy) is 1. The number of carbonyl (C=O) groups excluding carboxylic acids is 2. The van der Waals surface area contributed by atoms with Crippen LogP contribution in [0.5, 0.6) is 0 Å². The molecule has 1 fully saturated rings. The molecule has 0 unspecified atom stereocenters. The van der Waals surface area contributed by atoms with Gasteiger partial charge in [0.25, 0.3) is 0 Å². The van der Waals surface area contributed by atoms with Gasteiger partial charge in [0, 0.05) is 12.2 Å². The van der Waals surface area contributed by atoms with E-state index >= 15 is 0 Å². The molecule has 1 aromatic carbocycles. The first-order chi connectivity index (χ1) is 15.3. The molecule has 2 amide bonds. The highest BCUT2D eigenvalue weighted by atomic mass is 32.2. The number of thiazole rings is 1. The van der Waals surface area contributed by atoms with Gasteiger partial charge in [0.05, 0.1) is 27.7 Å². The van der Waals surface area contributed by atoms with Crippen LogP contribution >= 0.6 is 23.1 Å². The molecule has 1 aliphatic carbocycles. The number of sulfonamides is 1. The van der Waals surface area contributed by atoms with E-state index in [1.54, 1.807) is 25.3 Å². The van der Waals surface area contributed by atoms with E-state index in [4.69, 9.17) is 9.88 Å². The summed E-state index contributed by atoms with van der Waals surface area (Å²) in [6.07, 6.45) is 5.86. The summed E-state index contributed by atoms with van der Waals surface area (Å²) in [5.74, 6) is 0.192. The normalized spacial score (nSPS) is 14.3. The zero-order valence-corrected chi connectivity index (χ0v) is 20.1. The Bertz CT molecular complexity index is 1050. The highest BCUT2D eigenvalue weighted by molar-refractivity contribution is 8.01. The second kappa shape index (κ2) is 11.1. The Morgan fingerprint density at radius 2 is 2.09 bits per heavy atom. The first-order valence-electron chi connectivity index (χ1n) is 10.2. The number of nitrogens with one attached hydrogen (secondary N) is 1. The molecule has 0 atom stereocenters. The average molecular weight is 499 g/mol. The van der Waals surface area contributed by atoms with Crippen LogP contribution in [0.1, 0.15) is 32.6 Å². The van der Waals surface area contributed by atoms with Crippen LogP contribution in [-0.4, -0.2) is 44.3 Å². The number of carbonyl (C=O) groups is 2. The van der Waals surface area contributed by atoms with Crippen LogP contribution in [0.15, 0.2) is 39.6 Å². The second-order valence-electron chi connectivity index (χ2n) is 7.31. The van der Waals surface area contributed by atoms with Gasteiger partial charge >= 0.3 is 12.0 Å². The maximum atomic E-state index is 13.1. The summed E-state index contributed by atoms with van der Waals surface area (Å²) in [6.45, 7) is 2.54. The quantitative estimate of drug-likeness (QED) is 0.398. The van der Waals surface area contributed by atoms with Crippen molar-refractivity contribution >= 4 is 55.9 Å². The van der Waals surface area contributed by atoms with Crippen molar-refractivity contribution in [2.24, 2.45) is 11.1 Å². The summed E-state index contributed by atoms with van der Waals surface area (Å²) in [5.41, 5.74) is 0.453. The van der Waals surface area contributed by atoms with Crippen molar-refractivity contribution in [1.82, 2.24) is 4.98 Å². The number of primary sulfonamides is 1. The van der Waals surface area contributed by atoms with Crippen molar-refractivity contribution in [1.29, 1.82) is 0 Å². The number of hydrogen-bond acceptors (Lipinski definition) is 8. The molecule has 9 nitrogen and oxygen atoms in total. The molecule has 0 spiro atoms. The summed E-state index contributed by atoms with van der Waals surface area (Å²) >= 11 is 2.54. The lowest BCUT2D eigenvalue weighted by Gasteiger charge is -2.26. The van der Waals surface area contributed by atoms with Crippen molar-refractivity contribution in [3.63, 3.8) is 0 Å². The number of aromatic nitrogens is 1. The Labute approximate surface area is 195 Å². The molecule has 174 valence electrons. The predicted molar refractivity (Wildman–Crippen MR) is 126 cm³/mol. The topological polar surface area (TPSA) is 132 Å². The molecule has 12 heteroatoms. The molecule has 0 saturated heterocycles. The van der Waals surface area contributed by atoms with Gasteiger partial charge < -0.3 is 4.74 Å². The molecule has 1 saturated carbocycles. The molecule has 3 N–H and O–H groups in total. The molecular formula is C20H26N4O5S3. The fourth-order valence-corrected chi connectivity index (χ4v) is 5.67.